The van der Waals surface area contributed by atoms with Crippen LogP contribution in [0.5, 0.6) is 0 Å². The predicted molar refractivity (Wildman–Crippen MR) is 114 cm³/mol. The number of rotatable bonds is 6. The molecule has 3 aromatic carbocycles. The average Bonchev–Trinajstić information content (AvgIpc) is 2.65. The summed E-state index contributed by atoms with van der Waals surface area (Å²) in [6, 6.07) is 20.8. The molecule has 0 saturated carbocycles. The minimum atomic E-state index is -3.30. The van der Waals surface area contributed by atoms with Gasteiger partial charge in [0.15, 0.2) is 0 Å². The third kappa shape index (κ3) is 5.20. The first-order valence-electron chi connectivity index (χ1n) is 8.86. The average molecular weight is 394 g/mol. The maximum atomic E-state index is 12.3. The van der Waals surface area contributed by atoms with Gasteiger partial charge in [0.25, 0.3) is 0 Å². The molecule has 28 heavy (non-hydrogen) atoms. The maximum absolute atomic E-state index is 12.3. The van der Waals surface area contributed by atoms with E-state index in [0.717, 1.165) is 28.2 Å². The minimum Gasteiger partial charge on any atom is -0.346 e. The first-order chi connectivity index (χ1) is 13.3. The molecule has 1 atom stereocenters. The van der Waals surface area contributed by atoms with Gasteiger partial charge in [-0.25, -0.2) is 8.42 Å². The second-order valence-corrected chi connectivity index (χ2v) is 8.38. The second kappa shape index (κ2) is 8.27. The SMILES string of the molecule is CC(NC(=O)/C=C/c1ccc(NS(C)(=O)=O)cc1)c1cccc2ccccc12. The summed E-state index contributed by atoms with van der Waals surface area (Å²) < 4.78 is 24.8. The fourth-order valence-corrected chi connectivity index (χ4v) is 3.58. The monoisotopic (exact) mass is 394 g/mol. The molecule has 0 bridgehead atoms. The zero-order valence-corrected chi connectivity index (χ0v) is 16.5. The molecular weight excluding hydrogens is 372 g/mol. The van der Waals surface area contributed by atoms with Crippen LogP contribution in [0.25, 0.3) is 16.8 Å². The van der Waals surface area contributed by atoms with E-state index in [-0.39, 0.29) is 11.9 Å². The lowest BCUT2D eigenvalue weighted by molar-refractivity contribution is -0.117. The van der Waals surface area contributed by atoms with Crippen molar-refractivity contribution in [1.29, 1.82) is 0 Å². The van der Waals surface area contributed by atoms with Crippen molar-refractivity contribution < 1.29 is 13.2 Å². The Morgan fingerprint density at radius 1 is 0.964 bits per heavy atom. The molecule has 0 aliphatic carbocycles. The quantitative estimate of drug-likeness (QED) is 0.618. The first-order valence-corrected chi connectivity index (χ1v) is 10.7. The molecule has 5 nitrogen and oxygen atoms in total. The van der Waals surface area contributed by atoms with Crippen molar-refractivity contribution >= 4 is 38.5 Å². The van der Waals surface area contributed by atoms with Gasteiger partial charge in [0.2, 0.25) is 15.9 Å². The summed E-state index contributed by atoms with van der Waals surface area (Å²) in [5.74, 6) is -0.196. The Hall–Kier alpha value is -3.12. The molecule has 1 amide bonds. The zero-order chi connectivity index (χ0) is 20.1. The predicted octanol–water partition coefficient (Wildman–Crippen LogP) is 4.10. The van der Waals surface area contributed by atoms with Gasteiger partial charge < -0.3 is 5.32 Å². The lowest BCUT2D eigenvalue weighted by Gasteiger charge is -2.15. The molecule has 0 heterocycles. The number of hydrogen-bond acceptors (Lipinski definition) is 3. The van der Waals surface area contributed by atoms with Crippen molar-refractivity contribution in [2.24, 2.45) is 0 Å². The number of benzene rings is 3. The lowest BCUT2D eigenvalue weighted by atomic mass is 10.00. The number of carbonyl (C=O) groups is 1. The number of sulfonamides is 1. The van der Waals surface area contributed by atoms with E-state index in [1.165, 1.54) is 6.08 Å². The van der Waals surface area contributed by atoms with Crippen LogP contribution in [0.4, 0.5) is 5.69 Å². The highest BCUT2D eigenvalue weighted by atomic mass is 32.2. The molecule has 6 heteroatoms. The van der Waals surface area contributed by atoms with Gasteiger partial charge in [-0.2, -0.15) is 0 Å². The molecule has 1 unspecified atom stereocenters. The molecule has 3 aromatic rings. The topological polar surface area (TPSA) is 75.3 Å². The Balaban J connectivity index is 1.66. The van der Waals surface area contributed by atoms with Crippen LogP contribution in [-0.2, 0) is 14.8 Å². The fourth-order valence-electron chi connectivity index (χ4n) is 3.02. The highest BCUT2D eigenvalue weighted by Gasteiger charge is 2.10. The molecule has 144 valence electrons. The number of anilines is 1. The zero-order valence-electron chi connectivity index (χ0n) is 15.7. The van der Waals surface area contributed by atoms with Crippen LogP contribution in [0.15, 0.2) is 72.8 Å². The van der Waals surface area contributed by atoms with Crippen LogP contribution >= 0.6 is 0 Å². The molecule has 2 N–H and O–H groups in total. The van der Waals surface area contributed by atoms with Gasteiger partial charge in [0.1, 0.15) is 0 Å². The van der Waals surface area contributed by atoms with Crippen LogP contribution < -0.4 is 10.0 Å². The van der Waals surface area contributed by atoms with Gasteiger partial charge in [0.05, 0.1) is 12.3 Å². The van der Waals surface area contributed by atoms with Crippen LogP contribution in [0.2, 0.25) is 0 Å². The van der Waals surface area contributed by atoms with Gasteiger partial charge in [-0.1, -0.05) is 54.6 Å². The number of hydrogen-bond donors (Lipinski definition) is 2. The van der Waals surface area contributed by atoms with E-state index in [0.29, 0.717) is 5.69 Å². The van der Waals surface area contributed by atoms with Crippen molar-refractivity contribution in [1.82, 2.24) is 5.32 Å². The summed E-state index contributed by atoms with van der Waals surface area (Å²) in [6.07, 6.45) is 4.26. The normalized spacial score (nSPS) is 12.8. The highest BCUT2D eigenvalue weighted by molar-refractivity contribution is 7.92. The Labute approximate surface area is 165 Å². The van der Waals surface area contributed by atoms with E-state index in [2.05, 4.69) is 28.2 Å². The summed E-state index contributed by atoms with van der Waals surface area (Å²) in [5.41, 5.74) is 2.34. The lowest BCUT2D eigenvalue weighted by Crippen LogP contribution is -2.24. The van der Waals surface area contributed by atoms with E-state index < -0.39 is 10.0 Å². The summed E-state index contributed by atoms with van der Waals surface area (Å²) in [4.78, 5) is 12.3. The summed E-state index contributed by atoms with van der Waals surface area (Å²) in [5, 5.41) is 5.24. The number of fused-ring (bicyclic) bond motifs is 1. The molecule has 0 spiro atoms. The maximum Gasteiger partial charge on any atom is 0.244 e. The molecule has 0 radical (unpaired) electrons. The van der Waals surface area contributed by atoms with Crippen LogP contribution in [0.1, 0.15) is 24.1 Å². The molecule has 0 aromatic heterocycles. The Kier molecular flexibility index (Phi) is 5.80. The highest BCUT2D eigenvalue weighted by Crippen LogP contribution is 2.24. The Morgan fingerprint density at radius 3 is 2.36 bits per heavy atom. The van der Waals surface area contributed by atoms with Crippen LogP contribution in [-0.4, -0.2) is 20.6 Å². The van der Waals surface area contributed by atoms with E-state index in [9.17, 15) is 13.2 Å². The molecule has 0 saturated heterocycles. The van der Waals surface area contributed by atoms with E-state index in [1.807, 2.05) is 31.2 Å². The van der Waals surface area contributed by atoms with Crippen molar-refractivity contribution in [3.8, 4) is 0 Å². The molecular formula is C22H22N2O3S. The minimum absolute atomic E-state index is 0.135. The summed E-state index contributed by atoms with van der Waals surface area (Å²) >= 11 is 0. The first kappa shape index (κ1) is 19.6. The van der Waals surface area contributed by atoms with Crippen LogP contribution in [0, 0.1) is 0 Å². The van der Waals surface area contributed by atoms with Crippen molar-refractivity contribution in [2.75, 3.05) is 11.0 Å². The van der Waals surface area contributed by atoms with Gasteiger partial charge in [-0.05, 0) is 47.0 Å². The standard InChI is InChI=1S/C22H22N2O3S/c1-16(20-9-5-7-18-6-3-4-8-21(18)20)23-22(25)15-12-17-10-13-19(14-11-17)24-28(2,26)27/h3-16,24H,1-2H3,(H,23,25)/b15-12+. The van der Waals surface area contributed by atoms with Crippen molar-refractivity contribution in [3.05, 3.63) is 83.9 Å². The van der Waals surface area contributed by atoms with Gasteiger partial charge >= 0.3 is 0 Å². The number of carbonyl (C=O) groups excluding carboxylic acids is 1. The molecule has 0 aliphatic rings. The molecule has 0 aliphatic heterocycles. The third-order valence-corrected chi connectivity index (χ3v) is 4.90. The Morgan fingerprint density at radius 2 is 1.64 bits per heavy atom. The second-order valence-electron chi connectivity index (χ2n) is 6.63. The summed E-state index contributed by atoms with van der Waals surface area (Å²) in [7, 11) is -3.30. The smallest absolute Gasteiger partial charge is 0.244 e. The van der Waals surface area contributed by atoms with Crippen molar-refractivity contribution in [3.63, 3.8) is 0 Å². The van der Waals surface area contributed by atoms with Gasteiger partial charge in [-0.15, -0.1) is 0 Å². The van der Waals surface area contributed by atoms with Gasteiger partial charge in [-0.3, -0.25) is 9.52 Å². The Bertz CT molecular complexity index is 1110. The van der Waals surface area contributed by atoms with Gasteiger partial charge in [0, 0.05) is 11.8 Å². The van der Waals surface area contributed by atoms with E-state index in [4.69, 9.17) is 0 Å². The van der Waals surface area contributed by atoms with Crippen LogP contribution in [0.3, 0.4) is 0 Å². The number of nitrogens with one attached hydrogen (secondary N) is 2. The van der Waals surface area contributed by atoms with E-state index in [1.54, 1.807) is 30.3 Å². The fraction of sp³-hybridized carbons (Fsp3) is 0.136. The third-order valence-electron chi connectivity index (χ3n) is 4.29. The van der Waals surface area contributed by atoms with E-state index >= 15 is 0 Å². The summed E-state index contributed by atoms with van der Waals surface area (Å²) in [6.45, 7) is 1.96. The number of amides is 1. The van der Waals surface area contributed by atoms with Crippen molar-refractivity contribution in [2.45, 2.75) is 13.0 Å². The molecule has 0 fully saturated rings. The molecule has 3 rings (SSSR count). The largest absolute Gasteiger partial charge is 0.346 e.